The van der Waals surface area contributed by atoms with E-state index in [1.165, 1.54) is 32.7 Å². The Morgan fingerprint density at radius 3 is 2.00 bits per heavy atom. The molecule has 0 radical (unpaired) electrons. The molecule has 0 N–H and O–H groups in total. The number of fused-ring (bicyclic) bond motifs is 7. The van der Waals surface area contributed by atoms with Crippen LogP contribution < -0.4 is 4.90 Å². The summed E-state index contributed by atoms with van der Waals surface area (Å²) in [5.74, 6) is -0.419. The molecule has 6 aromatic rings. The SMILES string of the molecule is CC(C)(C)c1cccc(N2c3ccc(C=C4C(=O)c5cc6ccccc6cc5C4=O)cc3Sc3cc4c(cc32)C(C)(C)c2ccccc2-4)c1. The molecule has 3 nitrogen and oxygen atoms in total. The van der Waals surface area contributed by atoms with Gasteiger partial charge in [-0.25, -0.2) is 0 Å². The van der Waals surface area contributed by atoms with E-state index >= 15 is 0 Å². The number of carbonyl (C=O) groups is 2. The maximum Gasteiger partial charge on any atom is 0.197 e. The minimum Gasteiger partial charge on any atom is -0.308 e. The smallest absolute Gasteiger partial charge is 0.197 e. The third-order valence-electron chi connectivity index (χ3n) is 10.5. The van der Waals surface area contributed by atoms with Crippen LogP contribution >= 0.6 is 11.8 Å². The van der Waals surface area contributed by atoms with Crippen molar-refractivity contribution in [1.82, 2.24) is 0 Å². The summed E-state index contributed by atoms with van der Waals surface area (Å²) < 4.78 is 0. The summed E-state index contributed by atoms with van der Waals surface area (Å²) in [5.41, 5.74) is 11.8. The van der Waals surface area contributed by atoms with Crippen molar-refractivity contribution in [1.29, 1.82) is 0 Å². The molecule has 0 bridgehead atoms. The van der Waals surface area contributed by atoms with Crippen molar-refractivity contribution in [3.8, 4) is 11.1 Å². The fourth-order valence-electron chi connectivity index (χ4n) is 7.80. The van der Waals surface area contributed by atoms with Crippen LogP contribution in [0.4, 0.5) is 17.1 Å². The first-order valence-corrected chi connectivity index (χ1v) is 17.7. The number of rotatable bonds is 2. The lowest BCUT2D eigenvalue weighted by Gasteiger charge is -2.35. The van der Waals surface area contributed by atoms with E-state index in [4.69, 9.17) is 0 Å². The zero-order valence-corrected chi connectivity index (χ0v) is 29.0. The Balaban J connectivity index is 1.19. The van der Waals surface area contributed by atoms with E-state index in [1.807, 2.05) is 42.5 Å². The van der Waals surface area contributed by atoms with Gasteiger partial charge in [0.15, 0.2) is 11.6 Å². The van der Waals surface area contributed by atoms with Crippen molar-refractivity contribution in [2.75, 3.05) is 4.90 Å². The van der Waals surface area contributed by atoms with Crippen molar-refractivity contribution in [3.05, 3.63) is 154 Å². The van der Waals surface area contributed by atoms with Crippen molar-refractivity contribution >= 4 is 57.2 Å². The van der Waals surface area contributed by atoms with Gasteiger partial charge in [0.25, 0.3) is 0 Å². The van der Waals surface area contributed by atoms with E-state index in [0.29, 0.717) is 11.1 Å². The standard InChI is InChI=1S/C45H35NO2S/c1-44(2,3)29-13-10-14-30(23-29)46-38-18-17-26(19-35-42(47)33-21-27-11-6-7-12-28(27)22-34(33)43(35)48)20-40(38)49-41-24-32-31-15-8-9-16-36(31)45(4,5)37(32)25-39(41)46/h6-25H,1-5H3. The zero-order chi connectivity index (χ0) is 33.8. The topological polar surface area (TPSA) is 37.4 Å². The maximum absolute atomic E-state index is 13.6. The third kappa shape index (κ3) is 4.50. The quantitative estimate of drug-likeness (QED) is 0.137. The van der Waals surface area contributed by atoms with Crippen LogP contribution in [0.15, 0.2) is 131 Å². The number of allylic oxidation sites excluding steroid dienone is 1. The molecule has 6 aromatic carbocycles. The molecular weight excluding hydrogens is 619 g/mol. The number of hydrogen-bond donors (Lipinski definition) is 0. The molecule has 49 heavy (non-hydrogen) atoms. The first-order valence-electron chi connectivity index (χ1n) is 16.8. The van der Waals surface area contributed by atoms with Crippen molar-refractivity contribution < 1.29 is 9.59 Å². The van der Waals surface area contributed by atoms with E-state index in [0.717, 1.165) is 38.3 Å². The largest absolute Gasteiger partial charge is 0.308 e. The molecular formula is C45H35NO2S. The highest BCUT2D eigenvalue weighted by atomic mass is 32.2. The Labute approximate surface area is 291 Å². The number of carbonyl (C=O) groups excluding carboxylic acids is 2. The summed E-state index contributed by atoms with van der Waals surface area (Å²) in [7, 11) is 0. The van der Waals surface area contributed by atoms with Gasteiger partial charge in [0.2, 0.25) is 0 Å². The highest BCUT2D eigenvalue weighted by Crippen LogP contribution is 2.57. The minimum atomic E-state index is -0.209. The van der Waals surface area contributed by atoms with Crippen molar-refractivity contribution in [2.24, 2.45) is 0 Å². The van der Waals surface area contributed by atoms with Crippen LogP contribution in [0.1, 0.15) is 77.6 Å². The van der Waals surface area contributed by atoms with Gasteiger partial charge in [-0.1, -0.05) is 113 Å². The van der Waals surface area contributed by atoms with Gasteiger partial charge >= 0.3 is 0 Å². The lowest BCUT2D eigenvalue weighted by molar-refractivity contribution is 0.0990. The van der Waals surface area contributed by atoms with E-state index in [-0.39, 0.29) is 28.0 Å². The first kappa shape index (κ1) is 29.9. The van der Waals surface area contributed by atoms with Crippen LogP contribution in [0.2, 0.25) is 0 Å². The molecule has 3 aliphatic rings. The van der Waals surface area contributed by atoms with Gasteiger partial charge in [0.05, 0.1) is 16.9 Å². The van der Waals surface area contributed by atoms with Crippen LogP contribution in [0.3, 0.4) is 0 Å². The summed E-state index contributed by atoms with van der Waals surface area (Å²) in [6.45, 7) is 11.4. The van der Waals surface area contributed by atoms with Gasteiger partial charge in [-0.3, -0.25) is 9.59 Å². The first-order chi connectivity index (χ1) is 23.5. The fraction of sp³-hybridized carbons (Fsp3) is 0.156. The number of Topliss-reactive ketones (excluding diaryl/α,β-unsaturated/α-hetero) is 2. The highest BCUT2D eigenvalue weighted by Gasteiger charge is 2.38. The van der Waals surface area contributed by atoms with Gasteiger partial charge in [-0.2, -0.15) is 0 Å². The number of ketones is 2. The van der Waals surface area contributed by atoms with E-state index in [9.17, 15) is 9.59 Å². The van der Waals surface area contributed by atoms with Crippen LogP contribution in [-0.2, 0) is 10.8 Å². The molecule has 0 spiro atoms. The lowest BCUT2D eigenvalue weighted by Crippen LogP contribution is -2.19. The normalized spacial score (nSPS) is 15.5. The highest BCUT2D eigenvalue weighted by molar-refractivity contribution is 7.99. The third-order valence-corrected chi connectivity index (χ3v) is 11.6. The molecule has 4 heteroatoms. The molecule has 1 heterocycles. The number of nitrogens with zero attached hydrogens (tertiary/aromatic N) is 1. The predicted octanol–water partition coefficient (Wildman–Crippen LogP) is 11.8. The summed E-state index contributed by atoms with van der Waals surface area (Å²) in [4.78, 5) is 31.9. The Kier molecular flexibility index (Phi) is 6.35. The maximum atomic E-state index is 13.6. The molecule has 2 aliphatic carbocycles. The number of hydrogen-bond acceptors (Lipinski definition) is 4. The second-order valence-electron chi connectivity index (χ2n) is 15.0. The Bertz CT molecular complexity index is 2420. The summed E-state index contributed by atoms with van der Waals surface area (Å²) in [5, 5.41) is 1.92. The predicted molar refractivity (Wildman–Crippen MR) is 202 cm³/mol. The monoisotopic (exact) mass is 653 g/mol. The molecule has 1 aliphatic heterocycles. The Morgan fingerprint density at radius 2 is 1.29 bits per heavy atom. The second kappa shape index (κ2) is 10.4. The lowest BCUT2D eigenvalue weighted by atomic mass is 9.82. The summed E-state index contributed by atoms with van der Waals surface area (Å²) >= 11 is 1.75. The molecule has 0 amide bonds. The Morgan fingerprint density at radius 1 is 0.612 bits per heavy atom. The van der Waals surface area contributed by atoms with Gasteiger partial charge in [0.1, 0.15) is 0 Å². The van der Waals surface area contributed by atoms with E-state index in [1.54, 1.807) is 17.8 Å². The minimum absolute atomic E-state index is 0.00635. The van der Waals surface area contributed by atoms with Crippen molar-refractivity contribution in [3.63, 3.8) is 0 Å². The van der Waals surface area contributed by atoms with Crippen molar-refractivity contribution in [2.45, 2.75) is 55.2 Å². The van der Waals surface area contributed by atoms with E-state index in [2.05, 4.69) is 112 Å². The van der Waals surface area contributed by atoms with Gasteiger partial charge in [-0.05, 0) is 104 Å². The molecule has 9 rings (SSSR count). The van der Waals surface area contributed by atoms with E-state index < -0.39 is 0 Å². The summed E-state index contributed by atoms with van der Waals surface area (Å²) in [6.07, 6.45) is 1.78. The second-order valence-corrected chi connectivity index (χ2v) is 16.0. The molecule has 0 unspecified atom stereocenters. The number of anilines is 3. The molecule has 0 saturated carbocycles. The van der Waals surface area contributed by atoms with Gasteiger partial charge in [0, 0.05) is 32.0 Å². The van der Waals surface area contributed by atoms with Gasteiger partial charge < -0.3 is 4.90 Å². The molecule has 0 saturated heterocycles. The van der Waals surface area contributed by atoms with Crippen LogP contribution in [0, 0.1) is 0 Å². The zero-order valence-electron chi connectivity index (χ0n) is 28.2. The molecule has 238 valence electrons. The van der Waals surface area contributed by atoms with Gasteiger partial charge in [-0.15, -0.1) is 0 Å². The molecule has 0 fully saturated rings. The average molecular weight is 654 g/mol. The average Bonchev–Trinajstić information content (AvgIpc) is 3.45. The van der Waals surface area contributed by atoms with Crippen LogP contribution in [0.25, 0.3) is 28.0 Å². The molecule has 0 aromatic heterocycles. The molecule has 0 atom stereocenters. The number of benzene rings is 6. The fourth-order valence-corrected chi connectivity index (χ4v) is 8.93. The van der Waals surface area contributed by atoms with Crippen LogP contribution in [0.5, 0.6) is 0 Å². The Hall–Kier alpha value is -5.19. The van der Waals surface area contributed by atoms with Crippen LogP contribution in [-0.4, -0.2) is 11.6 Å². The summed E-state index contributed by atoms with van der Waals surface area (Å²) in [6, 6.07) is 40.3.